The Labute approximate surface area is 88.8 Å². The van der Waals surface area contributed by atoms with Gasteiger partial charge in [-0.05, 0) is 12.5 Å². The van der Waals surface area contributed by atoms with Gasteiger partial charge in [0.05, 0.1) is 11.8 Å². The molecule has 0 amide bonds. The van der Waals surface area contributed by atoms with Crippen LogP contribution in [0, 0.1) is 0 Å². The zero-order valence-electron chi connectivity index (χ0n) is 8.07. The average molecular weight is 213 g/mol. The molecule has 0 bridgehead atoms. The highest BCUT2D eigenvalue weighted by Gasteiger charge is 2.15. The summed E-state index contributed by atoms with van der Waals surface area (Å²) in [6, 6.07) is 9.54. The van der Waals surface area contributed by atoms with Gasteiger partial charge in [0.15, 0.2) is 0 Å². The molecule has 0 radical (unpaired) electrons. The van der Waals surface area contributed by atoms with E-state index in [-0.39, 0.29) is 18.5 Å². The Hall–Kier alpha value is -1.02. The summed E-state index contributed by atoms with van der Waals surface area (Å²) in [4.78, 5) is 11.4. The van der Waals surface area contributed by atoms with Gasteiger partial charge in [0.25, 0.3) is 0 Å². The van der Waals surface area contributed by atoms with E-state index in [9.17, 15) is 4.79 Å². The fourth-order valence-electron chi connectivity index (χ4n) is 1.14. The topological polar surface area (TPSA) is 26.3 Å². The van der Waals surface area contributed by atoms with Gasteiger partial charge in [-0.25, -0.2) is 0 Å². The van der Waals surface area contributed by atoms with Crippen molar-refractivity contribution in [3.63, 3.8) is 0 Å². The van der Waals surface area contributed by atoms with Crippen molar-refractivity contribution in [3.8, 4) is 0 Å². The lowest BCUT2D eigenvalue weighted by atomic mass is 10.0. The summed E-state index contributed by atoms with van der Waals surface area (Å²) in [5.41, 5.74) is 0.965. The van der Waals surface area contributed by atoms with Gasteiger partial charge in [0.2, 0.25) is 0 Å². The van der Waals surface area contributed by atoms with Gasteiger partial charge in [-0.1, -0.05) is 30.3 Å². The fraction of sp³-hybridized carbons (Fsp3) is 0.364. The van der Waals surface area contributed by atoms with E-state index >= 15 is 0 Å². The van der Waals surface area contributed by atoms with Crippen molar-refractivity contribution in [2.75, 3.05) is 12.5 Å². The van der Waals surface area contributed by atoms with Crippen molar-refractivity contribution in [2.45, 2.75) is 12.8 Å². The van der Waals surface area contributed by atoms with Crippen LogP contribution in [0.1, 0.15) is 18.4 Å². The van der Waals surface area contributed by atoms with E-state index in [1.165, 1.54) is 0 Å². The van der Waals surface area contributed by atoms with E-state index < -0.39 is 0 Å². The van der Waals surface area contributed by atoms with Gasteiger partial charge in [-0.15, -0.1) is 11.6 Å². The van der Waals surface area contributed by atoms with Gasteiger partial charge in [-0.2, -0.15) is 0 Å². The van der Waals surface area contributed by atoms with Crippen molar-refractivity contribution in [2.24, 2.45) is 0 Å². The minimum atomic E-state index is -0.225. The van der Waals surface area contributed by atoms with Crippen molar-refractivity contribution in [1.82, 2.24) is 0 Å². The summed E-state index contributed by atoms with van der Waals surface area (Å²) in [7, 11) is 0. The van der Waals surface area contributed by atoms with Gasteiger partial charge in [-0.3, -0.25) is 4.79 Å². The largest absolute Gasteiger partial charge is 0.464 e. The SMILES string of the molecule is CC(C(=O)OCCCl)c1ccccc1. The zero-order valence-corrected chi connectivity index (χ0v) is 8.83. The van der Waals surface area contributed by atoms with E-state index in [0.717, 1.165) is 5.56 Å². The number of carbonyl (C=O) groups is 1. The van der Waals surface area contributed by atoms with E-state index in [0.29, 0.717) is 5.88 Å². The predicted molar refractivity (Wildman–Crippen MR) is 56.5 cm³/mol. The first kappa shape index (κ1) is 11.1. The highest BCUT2D eigenvalue weighted by atomic mass is 35.5. The van der Waals surface area contributed by atoms with Crippen LogP contribution in [0.5, 0.6) is 0 Å². The minimum absolute atomic E-state index is 0.223. The predicted octanol–water partition coefficient (Wildman–Crippen LogP) is 2.57. The Bertz CT molecular complexity index is 285. The van der Waals surface area contributed by atoms with Crippen molar-refractivity contribution in [1.29, 1.82) is 0 Å². The molecule has 0 fully saturated rings. The second-order valence-corrected chi connectivity index (χ2v) is 3.37. The summed E-state index contributed by atoms with van der Waals surface area (Å²) >= 11 is 5.42. The lowest BCUT2D eigenvalue weighted by Gasteiger charge is -2.10. The molecule has 0 aliphatic rings. The Balaban J connectivity index is 2.57. The molecule has 0 aliphatic carbocycles. The highest BCUT2D eigenvalue weighted by molar-refractivity contribution is 6.18. The Morgan fingerprint density at radius 3 is 2.64 bits per heavy atom. The summed E-state index contributed by atoms with van der Waals surface area (Å²) in [5.74, 6) is -0.107. The molecule has 0 saturated carbocycles. The number of halogens is 1. The standard InChI is InChI=1S/C11H13ClO2/c1-9(11(13)14-8-7-12)10-5-3-2-4-6-10/h2-6,9H,7-8H2,1H3. The number of esters is 1. The molecular formula is C11H13ClO2. The molecule has 0 saturated heterocycles. The normalized spacial score (nSPS) is 12.1. The molecule has 1 aromatic carbocycles. The number of alkyl halides is 1. The van der Waals surface area contributed by atoms with Crippen LogP contribution < -0.4 is 0 Å². The Morgan fingerprint density at radius 2 is 2.07 bits per heavy atom. The number of ether oxygens (including phenoxy) is 1. The lowest BCUT2D eigenvalue weighted by molar-refractivity contribution is -0.144. The van der Waals surface area contributed by atoms with Crippen LogP contribution in [-0.4, -0.2) is 18.5 Å². The molecule has 76 valence electrons. The lowest BCUT2D eigenvalue weighted by Crippen LogP contribution is -2.14. The van der Waals surface area contributed by atoms with Crippen LogP contribution in [0.25, 0.3) is 0 Å². The quantitative estimate of drug-likeness (QED) is 0.567. The smallest absolute Gasteiger partial charge is 0.313 e. The fourth-order valence-corrected chi connectivity index (χ4v) is 1.22. The van der Waals surface area contributed by atoms with Gasteiger partial charge in [0, 0.05) is 0 Å². The van der Waals surface area contributed by atoms with E-state index in [2.05, 4.69) is 0 Å². The third-order valence-electron chi connectivity index (χ3n) is 1.97. The molecule has 0 N–H and O–H groups in total. The van der Waals surface area contributed by atoms with Crippen LogP contribution in [0.4, 0.5) is 0 Å². The molecular weight excluding hydrogens is 200 g/mol. The third-order valence-corrected chi connectivity index (χ3v) is 2.13. The van der Waals surface area contributed by atoms with E-state index in [4.69, 9.17) is 16.3 Å². The Morgan fingerprint density at radius 1 is 1.43 bits per heavy atom. The molecule has 3 heteroatoms. The average Bonchev–Trinajstić information content (AvgIpc) is 2.26. The number of rotatable bonds is 4. The summed E-state index contributed by atoms with van der Waals surface area (Å²) in [6.07, 6.45) is 0. The van der Waals surface area contributed by atoms with Crippen LogP contribution in [0.2, 0.25) is 0 Å². The Kier molecular flexibility index (Phi) is 4.47. The van der Waals surface area contributed by atoms with Crippen LogP contribution in [0.3, 0.4) is 0 Å². The number of hydrogen-bond acceptors (Lipinski definition) is 2. The first-order chi connectivity index (χ1) is 6.75. The molecule has 0 heterocycles. The first-order valence-corrected chi connectivity index (χ1v) is 5.06. The molecule has 0 spiro atoms. The third kappa shape index (κ3) is 3.04. The maximum atomic E-state index is 11.4. The highest BCUT2D eigenvalue weighted by Crippen LogP contribution is 2.15. The number of carbonyl (C=O) groups excluding carboxylic acids is 1. The monoisotopic (exact) mass is 212 g/mol. The van der Waals surface area contributed by atoms with Crippen molar-refractivity contribution in [3.05, 3.63) is 35.9 Å². The van der Waals surface area contributed by atoms with Crippen LogP contribution in [0.15, 0.2) is 30.3 Å². The summed E-state index contributed by atoms with van der Waals surface area (Å²) < 4.78 is 4.94. The van der Waals surface area contributed by atoms with Crippen LogP contribution >= 0.6 is 11.6 Å². The second kappa shape index (κ2) is 5.66. The molecule has 0 aliphatic heterocycles. The summed E-state index contributed by atoms with van der Waals surface area (Å²) in [6.45, 7) is 2.10. The molecule has 1 unspecified atom stereocenters. The molecule has 1 atom stereocenters. The molecule has 1 rings (SSSR count). The number of benzene rings is 1. The number of hydrogen-bond donors (Lipinski definition) is 0. The van der Waals surface area contributed by atoms with Crippen molar-refractivity contribution >= 4 is 17.6 Å². The molecule has 14 heavy (non-hydrogen) atoms. The van der Waals surface area contributed by atoms with Crippen molar-refractivity contribution < 1.29 is 9.53 Å². The van der Waals surface area contributed by atoms with Crippen LogP contribution in [-0.2, 0) is 9.53 Å². The maximum absolute atomic E-state index is 11.4. The molecule has 0 aromatic heterocycles. The van der Waals surface area contributed by atoms with Gasteiger partial charge < -0.3 is 4.74 Å². The maximum Gasteiger partial charge on any atom is 0.313 e. The zero-order chi connectivity index (χ0) is 10.4. The minimum Gasteiger partial charge on any atom is -0.464 e. The second-order valence-electron chi connectivity index (χ2n) is 2.99. The van der Waals surface area contributed by atoms with Gasteiger partial charge >= 0.3 is 5.97 Å². The summed E-state index contributed by atoms with van der Waals surface area (Å²) in [5, 5.41) is 0. The molecule has 2 nitrogen and oxygen atoms in total. The molecule has 1 aromatic rings. The van der Waals surface area contributed by atoms with E-state index in [1.807, 2.05) is 37.3 Å². The van der Waals surface area contributed by atoms with Gasteiger partial charge in [0.1, 0.15) is 6.61 Å². The van der Waals surface area contributed by atoms with E-state index in [1.54, 1.807) is 0 Å². The first-order valence-electron chi connectivity index (χ1n) is 4.53.